The number of carbonyl (C=O) groups excluding carboxylic acids is 2. The van der Waals surface area contributed by atoms with E-state index >= 15 is 0 Å². The first-order valence-corrected chi connectivity index (χ1v) is 13.6. The average Bonchev–Trinajstić information content (AvgIpc) is 2.80. The molecule has 5 nitrogen and oxygen atoms in total. The fraction of sp³-hybridized carbons (Fsp3) is 0.724. The predicted octanol–water partition coefficient (Wildman–Crippen LogP) is 8.18. The molecule has 0 heterocycles. The van der Waals surface area contributed by atoms with Gasteiger partial charge < -0.3 is 14.2 Å². The Morgan fingerprint density at radius 1 is 0.676 bits per heavy atom. The van der Waals surface area contributed by atoms with Crippen LogP contribution in [0.5, 0.6) is 11.5 Å². The smallest absolute Gasteiger partial charge is 0.311 e. The maximum absolute atomic E-state index is 12.1. The summed E-state index contributed by atoms with van der Waals surface area (Å²) in [6.07, 6.45) is 17.6. The Morgan fingerprint density at radius 3 is 1.74 bits per heavy atom. The van der Waals surface area contributed by atoms with E-state index in [1.165, 1.54) is 70.6 Å². The van der Waals surface area contributed by atoms with E-state index in [0.717, 1.165) is 12.8 Å². The normalized spacial score (nSPS) is 10.9. The van der Waals surface area contributed by atoms with Crippen molar-refractivity contribution in [1.29, 1.82) is 0 Å². The molecule has 34 heavy (non-hydrogen) atoms. The number of hydrogen-bond acceptors (Lipinski definition) is 5. The van der Waals surface area contributed by atoms with E-state index in [0.29, 0.717) is 24.5 Å². The molecule has 0 saturated carbocycles. The van der Waals surface area contributed by atoms with Crippen LogP contribution in [-0.2, 0) is 14.3 Å². The highest BCUT2D eigenvalue weighted by Gasteiger charge is 2.12. The number of para-hydroxylation sites is 2. The van der Waals surface area contributed by atoms with Gasteiger partial charge in [-0.15, -0.1) is 0 Å². The van der Waals surface area contributed by atoms with Crippen molar-refractivity contribution in [1.82, 2.24) is 0 Å². The van der Waals surface area contributed by atoms with E-state index in [1.54, 1.807) is 18.2 Å². The first-order chi connectivity index (χ1) is 16.5. The molecule has 1 rings (SSSR count). The summed E-state index contributed by atoms with van der Waals surface area (Å²) in [5.74, 6) is 0.341. The number of unbranched alkanes of at least 4 members (excludes halogenated alkanes) is 12. The van der Waals surface area contributed by atoms with Crippen LogP contribution in [0, 0.1) is 0 Å². The molecule has 0 aliphatic carbocycles. The van der Waals surface area contributed by atoms with Crippen molar-refractivity contribution in [3.63, 3.8) is 0 Å². The van der Waals surface area contributed by atoms with E-state index in [4.69, 9.17) is 14.2 Å². The number of ether oxygens (including phenoxy) is 3. The molecule has 0 spiro atoms. The van der Waals surface area contributed by atoms with E-state index in [-0.39, 0.29) is 30.9 Å². The summed E-state index contributed by atoms with van der Waals surface area (Å²) in [7, 11) is 0. The summed E-state index contributed by atoms with van der Waals surface area (Å²) in [5, 5.41) is 0. The van der Waals surface area contributed by atoms with Gasteiger partial charge in [0.2, 0.25) is 0 Å². The molecule has 194 valence electrons. The summed E-state index contributed by atoms with van der Waals surface area (Å²) in [6, 6.07) is 7.11. The number of rotatable bonds is 21. The molecule has 0 fully saturated rings. The topological polar surface area (TPSA) is 61.8 Å². The van der Waals surface area contributed by atoms with Gasteiger partial charge in [0.15, 0.2) is 11.5 Å². The minimum atomic E-state index is -0.371. The molecule has 1 aromatic rings. The van der Waals surface area contributed by atoms with E-state index in [1.807, 2.05) is 19.9 Å². The fourth-order valence-electron chi connectivity index (χ4n) is 3.81. The highest BCUT2D eigenvalue weighted by atomic mass is 16.6. The number of esters is 2. The van der Waals surface area contributed by atoms with Crippen molar-refractivity contribution >= 4 is 11.9 Å². The van der Waals surface area contributed by atoms with Crippen molar-refractivity contribution < 1.29 is 23.8 Å². The monoisotopic (exact) mass is 476 g/mol. The van der Waals surface area contributed by atoms with Crippen LogP contribution in [-0.4, -0.2) is 24.6 Å². The van der Waals surface area contributed by atoms with E-state index in [2.05, 4.69) is 6.92 Å². The quantitative estimate of drug-likeness (QED) is 0.102. The van der Waals surface area contributed by atoms with Crippen LogP contribution in [0.4, 0.5) is 0 Å². The minimum absolute atomic E-state index is 0.00970. The third kappa shape index (κ3) is 16.6. The molecule has 0 N–H and O–H groups in total. The van der Waals surface area contributed by atoms with Crippen molar-refractivity contribution in [2.75, 3.05) is 6.61 Å². The zero-order valence-corrected chi connectivity index (χ0v) is 21.9. The molecule has 0 radical (unpaired) electrons. The summed E-state index contributed by atoms with van der Waals surface area (Å²) in [5.41, 5.74) is 0. The highest BCUT2D eigenvalue weighted by Crippen LogP contribution is 2.27. The van der Waals surface area contributed by atoms with Crippen molar-refractivity contribution in [2.45, 2.75) is 130 Å². The average molecular weight is 477 g/mol. The molecule has 0 unspecified atom stereocenters. The highest BCUT2D eigenvalue weighted by molar-refractivity contribution is 5.74. The van der Waals surface area contributed by atoms with Gasteiger partial charge in [0, 0.05) is 12.8 Å². The van der Waals surface area contributed by atoms with Gasteiger partial charge >= 0.3 is 11.9 Å². The molecule has 1 aromatic carbocycles. The Bertz CT molecular complexity index is 656. The standard InChI is InChI=1S/C29H48O5/c1-4-5-6-7-8-9-10-11-12-13-14-15-18-24-32-28(30)22-19-23-29(31)34-27-21-17-16-20-26(27)33-25(2)3/h16-17,20-21,25H,4-15,18-19,22-24H2,1-3H3. The molecule has 0 bridgehead atoms. The Hall–Kier alpha value is -2.04. The summed E-state index contributed by atoms with van der Waals surface area (Å²) < 4.78 is 16.3. The van der Waals surface area contributed by atoms with Crippen LogP contribution < -0.4 is 9.47 Å². The number of hydrogen-bond donors (Lipinski definition) is 0. The van der Waals surface area contributed by atoms with Crippen molar-refractivity contribution in [3.8, 4) is 11.5 Å². The molecule has 0 saturated heterocycles. The molecule has 0 aliphatic rings. The van der Waals surface area contributed by atoms with Gasteiger partial charge in [-0.2, -0.15) is 0 Å². The lowest BCUT2D eigenvalue weighted by Gasteiger charge is -2.13. The van der Waals surface area contributed by atoms with Crippen LogP contribution in [0.2, 0.25) is 0 Å². The Morgan fingerprint density at radius 2 is 1.18 bits per heavy atom. The van der Waals surface area contributed by atoms with Crippen LogP contribution in [0.15, 0.2) is 24.3 Å². The largest absolute Gasteiger partial charge is 0.487 e. The molecule has 0 aliphatic heterocycles. The third-order valence-corrected chi connectivity index (χ3v) is 5.71. The first kappa shape index (κ1) is 30.0. The maximum atomic E-state index is 12.1. The molecule has 0 amide bonds. The van der Waals surface area contributed by atoms with Crippen LogP contribution in [0.3, 0.4) is 0 Å². The minimum Gasteiger partial charge on any atom is -0.487 e. The van der Waals surface area contributed by atoms with E-state index in [9.17, 15) is 9.59 Å². The lowest BCUT2D eigenvalue weighted by molar-refractivity contribution is -0.144. The Labute approximate surface area is 207 Å². The van der Waals surface area contributed by atoms with Gasteiger partial charge in [-0.25, -0.2) is 0 Å². The summed E-state index contributed by atoms with van der Waals surface area (Å²) in [4.78, 5) is 24.0. The van der Waals surface area contributed by atoms with Crippen molar-refractivity contribution in [2.24, 2.45) is 0 Å². The molecular formula is C29H48O5. The molecule has 0 atom stereocenters. The van der Waals surface area contributed by atoms with Gasteiger partial charge in [-0.05, 0) is 38.8 Å². The lowest BCUT2D eigenvalue weighted by atomic mass is 10.0. The lowest BCUT2D eigenvalue weighted by Crippen LogP contribution is -2.12. The zero-order valence-electron chi connectivity index (χ0n) is 21.9. The summed E-state index contributed by atoms with van der Waals surface area (Å²) in [6.45, 7) is 6.57. The van der Waals surface area contributed by atoms with Gasteiger partial charge in [-0.1, -0.05) is 96.1 Å². The first-order valence-electron chi connectivity index (χ1n) is 13.6. The van der Waals surface area contributed by atoms with Crippen molar-refractivity contribution in [3.05, 3.63) is 24.3 Å². The second kappa shape index (κ2) is 20.3. The SMILES string of the molecule is CCCCCCCCCCCCCCCOC(=O)CCCC(=O)Oc1ccccc1OC(C)C. The number of benzene rings is 1. The number of carbonyl (C=O) groups is 2. The van der Waals surface area contributed by atoms with Crippen LogP contribution >= 0.6 is 0 Å². The molecule has 5 heteroatoms. The zero-order chi connectivity index (χ0) is 24.9. The van der Waals surface area contributed by atoms with Gasteiger partial charge in [0.05, 0.1) is 12.7 Å². The Kier molecular flexibility index (Phi) is 17.9. The third-order valence-electron chi connectivity index (χ3n) is 5.71. The molecular weight excluding hydrogens is 428 g/mol. The second-order valence-corrected chi connectivity index (χ2v) is 9.40. The Balaban J connectivity index is 1.96. The van der Waals surface area contributed by atoms with E-state index < -0.39 is 0 Å². The predicted molar refractivity (Wildman–Crippen MR) is 138 cm³/mol. The second-order valence-electron chi connectivity index (χ2n) is 9.40. The fourth-order valence-corrected chi connectivity index (χ4v) is 3.81. The molecule has 0 aromatic heterocycles. The van der Waals surface area contributed by atoms with Gasteiger partial charge in [0.25, 0.3) is 0 Å². The summed E-state index contributed by atoms with van der Waals surface area (Å²) >= 11 is 0. The van der Waals surface area contributed by atoms with Gasteiger partial charge in [0.1, 0.15) is 0 Å². The van der Waals surface area contributed by atoms with Crippen LogP contribution in [0.1, 0.15) is 124 Å². The van der Waals surface area contributed by atoms with Gasteiger partial charge in [-0.3, -0.25) is 9.59 Å². The maximum Gasteiger partial charge on any atom is 0.311 e. The van der Waals surface area contributed by atoms with Crippen LogP contribution in [0.25, 0.3) is 0 Å².